The van der Waals surface area contributed by atoms with Crippen molar-refractivity contribution in [1.82, 2.24) is 4.31 Å². The molecule has 0 amide bonds. The molecule has 0 spiro atoms. The Hall–Kier alpha value is -1.05. The maximum Gasteiger partial charge on any atom is 0.246 e. The molecule has 0 radical (unpaired) electrons. The average Bonchev–Trinajstić information content (AvgIpc) is 2.81. The van der Waals surface area contributed by atoms with Crippen LogP contribution in [-0.4, -0.2) is 31.9 Å². The van der Waals surface area contributed by atoms with Crippen LogP contribution in [-0.2, 0) is 10.0 Å². The van der Waals surface area contributed by atoms with Crippen LogP contribution in [0.25, 0.3) is 0 Å². The van der Waals surface area contributed by atoms with Gasteiger partial charge in [-0.05, 0) is 25.0 Å². The molecule has 18 heavy (non-hydrogen) atoms. The summed E-state index contributed by atoms with van der Waals surface area (Å²) in [6, 6.07) is 2.80. The lowest BCUT2D eigenvalue weighted by Crippen LogP contribution is -2.40. The van der Waals surface area contributed by atoms with E-state index in [1.807, 2.05) is 0 Å². The number of sulfonamides is 1. The van der Waals surface area contributed by atoms with E-state index < -0.39 is 26.6 Å². The van der Waals surface area contributed by atoms with Crippen molar-refractivity contribution in [2.75, 3.05) is 13.1 Å². The minimum absolute atomic E-state index is 0.177. The first-order valence-electron chi connectivity index (χ1n) is 5.64. The Morgan fingerprint density at radius 1 is 1.39 bits per heavy atom. The smallest absolute Gasteiger partial charge is 0.246 e. The van der Waals surface area contributed by atoms with Crippen LogP contribution in [0.4, 0.5) is 8.78 Å². The quantitative estimate of drug-likeness (QED) is 0.898. The van der Waals surface area contributed by atoms with E-state index >= 15 is 0 Å². The van der Waals surface area contributed by atoms with Crippen molar-refractivity contribution in [2.24, 2.45) is 5.73 Å². The van der Waals surface area contributed by atoms with Gasteiger partial charge in [0.15, 0.2) is 11.6 Å². The highest BCUT2D eigenvalue weighted by atomic mass is 32.2. The van der Waals surface area contributed by atoms with Gasteiger partial charge in [-0.3, -0.25) is 0 Å². The normalized spacial score (nSPS) is 21.4. The molecule has 0 aliphatic carbocycles. The van der Waals surface area contributed by atoms with Gasteiger partial charge < -0.3 is 5.73 Å². The Kier molecular flexibility index (Phi) is 3.65. The molecule has 0 bridgehead atoms. The third-order valence-electron chi connectivity index (χ3n) is 3.10. The van der Waals surface area contributed by atoms with Gasteiger partial charge in [0, 0.05) is 19.1 Å². The van der Waals surface area contributed by atoms with E-state index in [1.54, 1.807) is 0 Å². The van der Waals surface area contributed by atoms with Crippen LogP contribution >= 0.6 is 0 Å². The molecule has 1 atom stereocenters. The second-order valence-corrected chi connectivity index (χ2v) is 6.06. The number of benzene rings is 1. The fraction of sp³-hybridized carbons (Fsp3) is 0.455. The van der Waals surface area contributed by atoms with Gasteiger partial charge in [-0.2, -0.15) is 4.31 Å². The molecule has 7 heteroatoms. The minimum atomic E-state index is -4.01. The van der Waals surface area contributed by atoms with Gasteiger partial charge in [-0.25, -0.2) is 17.2 Å². The molecular formula is C11H14F2N2O2S. The number of hydrogen-bond acceptors (Lipinski definition) is 3. The largest absolute Gasteiger partial charge is 0.329 e. The summed E-state index contributed by atoms with van der Waals surface area (Å²) in [6.45, 7) is 0.469. The molecule has 2 N–H and O–H groups in total. The molecule has 100 valence electrons. The van der Waals surface area contributed by atoms with Gasteiger partial charge >= 0.3 is 0 Å². The Bertz CT molecular complexity index is 548. The SMILES string of the molecule is NCC1CCCN1S(=O)(=O)c1cccc(F)c1F. The fourth-order valence-electron chi connectivity index (χ4n) is 2.17. The van der Waals surface area contributed by atoms with Gasteiger partial charge in [-0.15, -0.1) is 0 Å². The molecule has 0 aromatic heterocycles. The summed E-state index contributed by atoms with van der Waals surface area (Å²) in [7, 11) is -4.01. The molecule has 2 rings (SSSR count). The van der Waals surface area contributed by atoms with Crippen LogP contribution in [0.2, 0.25) is 0 Å². The Morgan fingerprint density at radius 3 is 2.78 bits per heavy atom. The summed E-state index contributed by atoms with van der Waals surface area (Å²) < 4.78 is 52.3. The van der Waals surface area contributed by atoms with Crippen LogP contribution in [0.15, 0.2) is 23.1 Å². The molecule has 1 aromatic rings. The van der Waals surface area contributed by atoms with E-state index in [9.17, 15) is 17.2 Å². The molecule has 1 aliphatic rings. The second kappa shape index (κ2) is 4.91. The van der Waals surface area contributed by atoms with Gasteiger partial charge in [0.2, 0.25) is 10.0 Å². The Balaban J connectivity index is 2.45. The van der Waals surface area contributed by atoms with Crippen LogP contribution in [0, 0.1) is 11.6 Å². The third kappa shape index (κ3) is 2.13. The highest BCUT2D eigenvalue weighted by molar-refractivity contribution is 7.89. The Labute approximate surface area is 104 Å². The third-order valence-corrected chi connectivity index (χ3v) is 5.07. The molecule has 1 fully saturated rings. The van der Waals surface area contributed by atoms with E-state index in [0.717, 1.165) is 16.4 Å². The van der Waals surface area contributed by atoms with Crippen molar-refractivity contribution >= 4 is 10.0 Å². The maximum absolute atomic E-state index is 13.6. The van der Waals surface area contributed by atoms with E-state index in [1.165, 1.54) is 6.07 Å². The summed E-state index contributed by atoms with van der Waals surface area (Å²) in [6.07, 6.45) is 1.32. The van der Waals surface area contributed by atoms with Crippen molar-refractivity contribution in [2.45, 2.75) is 23.8 Å². The zero-order chi connectivity index (χ0) is 13.3. The molecule has 1 aromatic carbocycles. The first kappa shape index (κ1) is 13.4. The second-order valence-electron chi connectivity index (χ2n) is 4.20. The van der Waals surface area contributed by atoms with Crippen LogP contribution in [0.1, 0.15) is 12.8 Å². The summed E-state index contributed by atoms with van der Waals surface area (Å²) in [5, 5.41) is 0. The van der Waals surface area contributed by atoms with Crippen LogP contribution in [0.5, 0.6) is 0 Å². The Morgan fingerprint density at radius 2 is 2.11 bits per heavy atom. The predicted octanol–water partition coefficient (Wildman–Crippen LogP) is 1.08. The average molecular weight is 276 g/mol. The van der Waals surface area contributed by atoms with E-state index in [2.05, 4.69) is 0 Å². The monoisotopic (exact) mass is 276 g/mol. The van der Waals surface area contributed by atoms with Gasteiger partial charge in [0.25, 0.3) is 0 Å². The number of rotatable bonds is 3. The first-order valence-corrected chi connectivity index (χ1v) is 7.08. The molecular weight excluding hydrogens is 262 g/mol. The minimum Gasteiger partial charge on any atom is -0.329 e. The van der Waals surface area contributed by atoms with Crippen molar-refractivity contribution in [1.29, 1.82) is 0 Å². The predicted molar refractivity (Wildman–Crippen MR) is 62.3 cm³/mol. The van der Waals surface area contributed by atoms with Crippen molar-refractivity contribution in [3.8, 4) is 0 Å². The standard InChI is InChI=1S/C11H14F2N2O2S/c12-9-4-1-5-10(11(9)13)18(16,17)15-6-2-3-8(15)7-14/h1,4-5,8H,2-3,6-7,14H2. The molecule has 1 aliphatic heterocycles. The highest BCUT2D eigenvalue weighted by Crippen LogP contribution is 2.27. The summed E-state index contributed by atoms with van der Waals surface area (Å²) in [4.78, 5) is -0.622. The van der Waals surface area contributed by atoms with Gasteiger partial charge in [0.1, 0.15) is 4.90 Å². The van der Waals surface area contributed by atoms with E-state index in [-0.39, 0.29) is 12.6 Å². The topological polar surface area (TPSA) is 63.4 Å². The number of halogens is 2. The lowest BCUT2D eigenvalue weighted by molar-refractivity contribution is 0.387. The fourth-order valence-corrected chi connectivity index (χ4v) is 3.95. The first-order chi connectivity index (χ1) is 8.48. The van der Waals surface area contributed by atoms with Crippen LogP contribution < -0.4 is 5.73 Å². The molecule has 4 nitrogen and oxygen atoms in total. The van der Waals surface area contributed by atoms with Crippen molar-refractivity contribution in [3.05, 3.63) is 29.8 Å². The van der Waals surface area contributed by atoms with Gasteiger partial charge in [0.05, 0.1) is 0 Å². The summed E-state index contributed by atoms with van der Waals surface area (Å²) in [5.41, 5.74) is 5.49. The summed E-state index contributed by atoms with van der Waals surface area (Å²) >= 11 is 0. The highest BCUT2D eigenvalue weighted by Gasteiger charge is 2.36. The number of hydrogen-bond donors (Lipinski definition) is 1. The molecule has 1 saturated heterocycles. The lowest BCUT2D eigenvalue weighted by Gasteiger charge is -2.23. The molecule has 1 heterocycles. The molecule has 1 unspecified atom stereocenters. The van der Waals surface area contributed by atoms with Crippen molar-refractivity contribution in [3.63, 3.8) is 0 Å². The zero-order valence-electron chi connectivity index (χ0n) is 9.64. The van der Waals surface area contributed by atoms with Crippen LogP contribution in [0.3, 0.4) is 0 Å². The maximum atomic E-state index is 13.6. The van der Waals surface area contributed by atoms with E-state index in [4.69, 9.17) is 5.73 Å². The number of nitrogens with zero attached hydrogens (tertiary/aromatic N) is 1. The zero-order valence-corrected chi connectivity index (χ0v) is 10.5. The summed E-state index contributed by atoms with van der Waals surface area (Å²) in [5.74, 6) is -2.50. The number of nitrogens with two attached hydrogens (primary N) is 1. The van der Waals surface area contributed by atoms with Crippen molar-refractivity contribution < 1.29 is 17.2 Å². The molecule has 0 saturated carbocycles. The lowest BCUT2D eigenvalue weighted by atomic mass is 10.2. The van der Waals surface area contributed by atoms with E-state index in [0.29, 0.717) is 19.4 Å². The van der Waals surface area contributed by atoms with Gasteiger partial charge in [-0.1, -0.05) is 6.07 Å².